The minimum absolute atomic E-state index is 0.00778. The van der Waals surface area contributed by atoms with Crippen LogP contribution in [0.5, 0.6) is 0 Å². The summed E-state index contributed by atoms with van der Waals surface area (Å²) >= 11 is 0. The third-order valence-electron chi connectivity index (χ3n) is 12.3. The van der Waals surface area contributed by atoms with Crippen molar-refractivity contribution in [1.82, 2.24) is 10.3 Å². The number of ether oxygens (including phenoxy) is 1. The number of carbonyl (C=O) groups is 2. The monoisotopic (exact) mass is 622 g/mol. The Balaban J connectivity index is 1.84. The predicted molar refractivity (Wildman–Crippen MR) is 166 cm³/mol. The molecule has 0 spiro atoms. The summed E-state index contributed by atoms with van der Waals surface area (Å²) in [6.45, 7) is 15.8. The first-order chi connectivity index (χ1) is 19.9. The van der Waals surface area contributed by atoms with Gasteiger partial charge >= 0.3 is 5.97 Å². The van der Waals surface area contributed by atoms with Gasteiger partial charge in [0.15, 0.2) is 0 Å². The van der Waals surface area contributed by atoms with Crippen molar-refractivity contribution in [3.63, 3.8) is 0 Å². The van der Waals surface area contributed by atoms with Crippen molar-refractivity contribution >= 4 is 21.9 Å². The third kappa shape index (κ3) is 5.98. The highest BCUT2D eigenvalue weighted by Crippen LogP contribution is 2.74. The number of sulfonamides is 1. The van der Waals surface area contributed by atoms with Gasteiger partial charge in [-0.2, -0.15) is 0 Å². The van der Waals surface area contributed by atoms with Crippen LogP contribution in [0, 0.1) is 39.9 Å². The molecule has 0 aromatic carbocycles. The fourth-order valence-electron chi connectivity index (χ4n) is 10.1. The van der Waals surface area contributed by atoms with E-state index in [1.807, 2.05) is 19.9 Å². The van der Waals surface area contributed by atoms with E-state index in [2.05, 4.69) is 38.0 Å². The molecule has 43 heavy (non-hydrogen) atoms. The molecule has 4 fully saturated rings. The Morgan fingerprint density at radius 3 is 2.33 bits per heavy atom. The number of aliphatic hydroxyl groups excluding tert-OH is 2. The van der Waals surface area contributed by atoms with Crippen LogP contribution in [0.3, 0.4) is 0 Å². The number of hydrazine groups is 1. The van der Waals surface area contributed by atoms with E-state index in [4.69, 9.17) is 4.74 Å². The number of hydrogen-bond acceptors (Lipinski definition) is 7. The second-order valence-electron chi connectivity index (χ2n) is 14.8. The van der Waals surface area contributed by atoms with Gasteiger partial charge in [0.2, 0.25) is 10.0 Å². The lowest BCUT2D eigenvalue weighted by atomic mass is 9.36. The molecule has 0 radical (unpaired) electrons. The first-order valence-electron chi connectivity index (χ1n) is 16.1. The number of esters is 1. The van der Waals surface area contributed by atoms with Crippen LogP contribution in [0.4, 0.5) is 0 Å². The van der Waals surface area contributed by atoms with Crippen molar-refractivity contribution in [2.24, 2.45) is 39.9 Å². The molecule has 4 aliphatic rings. The topological polar surface area (TPSA) is 142 Å². The summed E-state index contributed by atoms with van der Waals surface area (Å²) in [5.74, 6) is -0.944. The van der Waals surface area contributed by atoms with Crippen LogP contribution in [0.1, 0.15) is 107 Å². The van der Waals surface area contributed by atoms with Gasteiger partial charge in [-0.05, 0) is 118 Å². The van der Waals surface area contributed by atoms with Gasteiger partial charge in [-0.15, -0.1) is 4.83 Å². The molecule has 10 heteroatoms. The standard InChI is InChI=1S/C33H54N2O7S/c1-9-43(40,41)35-34-30(39)22(12-10-11-19(2)3)28-24-17-26(38)29-31(6)15-14-25(37)20(4)23(31)13-16-32(29,7)33(24,8)18-27(28)42-21(5)36/h11,20,23-27,29,35,37-38H,9-10,12-18H2,1-8H3,(H,34,39)/b28-22-/t20-,23-,24-,25+,26+,27-,29?,31-,32-,33-/m0/s1. The van der Waals surface area contributed by atoms with Gasteiger partial charge < -0.3 is 14.9 Å². The lowest BCUT2D eigenvalue weighted by molar-refractivity contribution is -0.234. The number of rotatable bonds is 8. The van der Waals surface area contributed by atoms with Crippen LogP contribution in [-0.4, -0.2) is 54.6 Å². The second kappa shape index (κ2) is 12.2. The lowest BCUT2D eigenvalue weighted by Gasteiger charge is -2.69. The maximum Gasteiger partial charge on any atom is 0.303 e. The van der Waals surface area contributed by atoms with Crippen LogP contribution >= 0.6 is 0 Å². The molecule has 0 aliphatic heterocycles. The number of carbonyl (C=O) groups excluding carboxylic acids is 2. The molecule has 4 aliphatic carbocycles. The predicted octanol–water partition coefficient (Wildman–Crippen LogP) is 4.55. The number of fused-ring (bicyclic) bond motifs is 5. The minimum Gasteiger partial charge on any atom is -0.458 e. The van der Waals surface area contributed by atoms with Gasteiger partial charge in [-0.1, -0.05) is 39.3 Å². The minimum atomic E-state index is -3.69. The molecule has 10 atom stereocenters. The zero-order chi connectivity index (χ0) is 32.1. The van der Waals surface area contributed by atoms with E-state index in [1.54, 1.807) is 0 Å². The smallest absolute Gasteiger partial charge is 0.303 e. The van der Waals surface area contributed by atoms with Gasteiger partial charge in [-0.25, -0.2) is 8.42 Å². The molecule has 4 rings (SSSR count). The average molecular weight is 623 g/mol. The Hall–Kier alpha value is -1.75. The maximum atomic E-state index is 13.8. The molecular weight excluding hydrogens is 568 g/mol. The SMILES string of the molecule is CCS(=O)(=O)NNC(=O)/C(CCC=C(C)C)=C1\[C@@H](OC(C)=O)C[C@@]2(C)[C@H]1C[C@@H](O)C1[C@]2(C)CC[C@H]2[C@H](C)[C@H](O)CC[C@]12C. The van der Waals surface area contributed by atoms with Gasteiger partial charge in [0.1, 0.15) is 6.10 Å². The molecule has 0 aromatic heterocycles. The molecule has 0 bridgehead atoms. The molecule has 0 aromatic rings. The molecule has 244 valence electrons. The number of nitrogens with one attached hydrogen (secondary N) is 2. The van der Waals surface area contributed by atoms with E-state index < -0.39 is 34.1 Å². The number of aliphatic hydroxyl groups is 2. The summed E-state index contributed by atoms with van der Waals surface area (Å²) in [5, 5.41) is 22.8. The number of hydrogen-bond donors (Lipinski definition) is 4. The van der Waals surface area contributed by atoms with E-state index >= 15 is 0 Å². The van der Waals surface area contributed by atoms with Crippen LogP contribution in [0.15, 0.2) is 22.8 Å². The van der Waals surface area contributed by atoms with Crippen molar-refractivity contribution in [1.29, 1.82) is 0 Å². The first-order valence-corrected chi connectivity index (χ1v) is 17.8. The highest BCUT2D eigenvalue weighted by atomic mass is 32.2. The Bertz CT molecular complexity index is 1270. The van der Waals surface area contributed by atoms with Crippen molar-refractivity contribution < 1.29 is 33.0 Å². The van der Waals surface area contributed by atoms with Gasteiger partial charge in [0.25, 0.3) is 5.91 Å². The molecule has 0 heterocycles. The molecule has 4 N–H and O–H groups in total. The molecule has 9 nitrogen and oxygen atoms in total. The highest BCUT2D eigenvalue weighted by Gasteiger charge is 2.70. The summed E-state index contributed by atoms with van der Waals surface area (Å²) in [5.41, 5.74) is 3.81. The van der Waals surface area contributed by atoms with E-state index in [0.29, 0.717) is 42.7 Å². The van der Waals surface area contributed by atoms with E-state index in [-0.39, 0.29) is 45.9 Å². The Labute approximate surface area is 258 Å². The summed E-state index contributed by atoms with van der Waals surface area (Å²) in [7, 11) is -3.69. The van der Waals surface area contributed by atoms with Gasteiger partial charge in [0, 0.05) is 12.5 Å². The van der Waals surface area contributed by atoms with Crippen molar-refractivity contribution in [3.8, 4) is 0 Å². The molecule has 1 amide bonds. The Morgan fingerprint density at radius 1 is 1.05 bits per heavy atom. The van der Waals surface area contributed by atoms with E-state index in [0.717, 1.165) is 31.3 Å². The second-order valence-corrected chi connectivity index (χ2v) is 16.8. The van der Waals surface area contributed by atoms with E-state index in [1.165, 1.54) is 13.8 Å². The fourth-order valence-corrected chi connectivity index (χ4v) is 10.5. The zero-order valence-electron chi connectivity index (χ0n) is 27.3. The summed E-state index contributed by atoms with van der Waals surface area (Å²) < 4.78 is 30.4. The van der Waals surface area contributed by atoms with Crippen molar-refractivity contribution in [3.05, 3.63) is 22.8 Å². The van der Waals surface area contributed by atoms with Gasteiger partial charge in [-0.3, -0.25) is 15.0 Å². The molecular formula is C33H54N2O7S. The van der Waals surface area contributed by atoms with Crippen LogP contribution < -0.4 is 10.3 Å². The quantitative estimate of drug-likeness (QED) is 0.135. The van der Waals surface area contributed by atoms with Crippen molar-refractivity contribution in [2.45, 2.75) is 125 Å². The molecule has 4 saturated carbocycles. The van der Waals surface area contributed by atoms with E-state index in [9.17, 15) is 28.2 Å². The Morgan fingerprint density at radius 2 is 1.72 bits per heavy atom. The molecule has 0 saturated heterocycles. The summed E-state index contributed by atoms with van der Waals surface area (Å²) in [4.78, 5) is 28.4. The summed E-state index contributed by atoms with van der Waals surface area (Å²) in [6.07, 6.45) is 5.68. The number of amides is 1. The van der Waals surface area contributed by atoms with Gasteiger partial charge in [0.05, 0.1) is 18.0 Å². The summed E-state index contributed by atoms with van der Waals surface area (Å²) in [6, 6.07) is 0. The number of allylic oxidation sites excluding steroid dienone is 2. The maximum absolute atomic E-state index is 13.8. The van der Waals surface area contributed by atoms with Crippen LogP contribution in [0.25, 0.3) is 0 Å². The average Bonchev–Trinajstić information content (AvgIpc) is 3.18. The Kier molecular flexibility index (Phi) is 9.69. The zero-order valence-corrected chi connectivity index (χ0v) is 28.1. The van der Waals surface area contributed by atoms with Crippen LogP contribution in [0.2, 0.25) is 0 Å². The van der Waals surface area contributed by atoms with Crippen LogP contribution in [-0.2, 0) is 24.3 Å². The largest absolute Gasteiger partial charge is 0.458 e. The normalized spacial score (nSPS) is 41.8. The fraction of sp³-hybridized carbons (Fsp3) is 0.818. The highest BCUT2D eigenvalue weighted by molar-refractivity contribution is 7.89. The van der Waals surface area contributed by atoms with Crippen molar-refractivity contribution in [2.75, 3.05) is 5.75 Å². The lowest BCUT2D eigenvalue weighted by Crippen LogP contribution is -2.65. The first kappa shape index (κ1) is 34.1. The molecule has 1 unspecified atom stereocenters. The third-order valence-corrected chi connectivity index (χ3v) is 13.5.